The highest BCUT2D eigenvalue weighted by Gasteiger charge is 2.30. The van der Waals surface area contributed by atoms with E-state index in [1.165, 1.54) is 25.3 Å². The zero-order valence-corrected chi connectivity index (χ0v) is 11.0. The fraction of sp³-hybridized carbons (Fsp3) is 0.167. The summed E-state index contributed by atoms with van der Waals surface area (Å²) < 4.78 is 49.1. The van der Waals surface area contributed by atoms with Crippen molar-refractivity contribution in [3.8, 4) is 17.2 Å². The Balaban J connectivity index is 1.84. The van der Waals surface area contributed by atoms with Crippen LogP contribution in [-0.2, 0) is 0 Å². The number of ether oxygens (including phenoxy) is 2. The van der Waals surface area contributed by atoms with E-state index < -0.39 is 18.2 Å². The molecular weight excluding hydrogens is 309 g/mol. The van der Waals surface area contributed by atoms with Gasteiger partial charge in [-0.2, -0.15) is 5.48 Å². The van der Waals surface area contributed by atoms with Crippen LogP contribution in [0.3, 0.4) is 0 Å². The number of halogens is 3. The summed E-state index contributed by atoms with van der Waals surface area (Å²) in [6, 6.07) is 4.40. The van der Waals surface area contributed by atoms with Gasteiger partial charge in [0, 0.05) is 6.92 Å². The minimum atomic E-state index is -4.78. The molecule has 0 fully saturated rings. The fourth-order valence-corrected chi connectivity index (χ4v) is 1.32. The van der Waals surface area contributed by atoms with Crippen molar-refractivity contribution in [2.45, 2.75) is 13.3 Å². The van der Waals surface area contributed by atoms with Crippen molar-refractivity contribution in [3.05, 3.63) is 36.2 Å². The van der Waals surface area contributed by atoms with Gasteiger partial charge in [0.05, 0.1) is 0 Å². The molecule has 0 bridgehead atoms. The average molecular weight is 318 g/mol. The second-order valence-electron chi connectivity index (χ2n) is 3.86. The largest absolute Gasteiger partial charge is 0.573 e. The normalized spacial score (nSPS) is 10.9. The van der Waals surface area contributed by atoms with Crippen LogP contribution in [-0.4, -0.2) is 17.6 Å². The Morgan fingerprint density at radius 1 is 1.23 bits per heavy atom. The zero-order valence-electron chi connectivity index (χ0n) is 11.0. The van der Waals surface area contributed by atoms with Gasteiger partial charge in [-0.1, -0.05) is 5.16 Å². The number of nitrogens with zero attached hydrogens (tertiary/aromatic N) is 1. The molecule has 1 aromatic carbocycles. The van der Waals surface area contributed by atoms with Crippen LogP contribution in [0.15, 0.2) is 35.0 Å². The van der Waals surface area contributed by atoms with Gasteiger partial charge in [0.25, 0.3) is 0 Å². The van der Waals surface area contributed by atoms with E-state index in [9.17, 15) is 18.0 Å². The van der Waals surface area contributed by atoms with E-state index in [0.717, 1.165) is 12.1 Å². The highest BCUT2D eigenvalue weighted by Crippen LogP contribution is 2.24. The number of benzene rings is 1. The van der Waals surface area contributed by atoms with Crippen molar-refractivity contribution < 1.29 is 36.8 Å². The standard InChI is InChI=1S/C12H9F3N2O5/c1-7-10(6-16-21-7)19-11(18)17-22-9-4-2-8(3-5-9)20-12(13,14)15/h2-6H,1H3,(H,17,18). The van der Waals surface area contributed by atoms with Crippen molar-refractivity contribution in [1.82, 2.24) is 10.6 Å². The van der Waals surface area contributed by atoms with Gasteiger partial charge in [0.1, 0.15) is 11.9 Å². The van der Waals surface area contributed by atoms with Crippen molar-refractivity contribution in [3.63, 3.8) is 0 Å². The van der Waals surface area contributed by atoms with Gasteiger partial charge in [-0.3, -0.25) is 0 Å². The molecule has 0 aliphatic rings. The van der Waals surface area contributed by atoms with Crippen LogP contribution in [0.2, 0.25) is 0 Å². The molecule has 1 heterocycles. The number of carbonyl (C=O) groups excluding carboxylic acids is 1. The Bertz CT molecular complexity index is 639. The van der Waals surface area contributed by atoms with E-state index in [-0.39, 0.29) is 11.5 Å². The maximum absolute atomic E-state index is 12.0. The van der Waals surface area contributed by atoms with E-state index in [4.69, 9.17) is 9.57 Å². The summed E-state index contributed by atoms with van der Waals surface area (Å²) in [6.07, 6.45) is -4.54. The van der Waals surface area contributed by atoms with Crippen LogP contribution in [0.5, 0.6) is 17.2 Å². The van der Waals surface area contributed by atoms with Crippen molar-refractivity contribution in [2.75, 3.05) is 0 Å². The molecule has 0 unspecified atom stereocenters. The number of aromatic nitrogens is 1. The molecule has 0 saturated carbocycles. The number of aryl methyl sites for hydroxylation is 1. The monoisotopic (exact) mass is 318 g/mol. The molecule has 22 heavy (non-hydrogen) atoms. The molecule has 1 amide bonds. The summed E-state index contributed by atoms with van der Waals surface area (Å²) in [5.74, 6) is 0.0647. The highest BCUT2D eigenvalue weighted by atomic mass is 19.4. The quantitative estimate of drug-likeness (QED) is 0.873. The molecule has 2 rings (SSSR count). The Morgan fingerprint density at radius 2 is 1.86 bits per heavy atom. The lowest BCUT2D eigenvalue weighted by Crippen LogP contribution is -2.30. The van der Waals surface area contributed by atoms with Crippen molar-refractivity contribution in [1.29, 1.82) is 0 Å². The molecule has 0 aliphatic heterocycles. The van der Waals surface area contributed by atoms with Crippen LogP contribution in [0, 0.1) is 6.92 Å². The molecule has 0 atom stereocenters. The number of rotatable bonds is 4. The minimum Gasteiger partial charge on any atom is -0.406 e. The number of hydrogen-bond donors (Lipinski definition) is 1. The SMILES string of the molecule is Cc1oncc1OC(=O)NOc1ccc(OC(F)(F)F)cc1. The number of carbonyl (C=O) groups is 1. The molecule has 0 aliphatic carbocycles. The fourth-order valence-electron chi connectivity index (χ4n) is 1.32. The van der Waals surface area contributed by atoms with Gasteiger partial charge in [0.15, 0.2) is 17.3 Å². The Labute approximate surface area is 121 Å². The van der Waals surface area contributed by atoms with Crippen LogP contribution < -0.4 is 19.8 Å². The maximum atomic E-state index is 12.0. The molecule has 1 N–H and O–H groups in total. The zero-order chi connectivity index (χ0) is 16.2. The third-order valence-electron chi connectivity index (χ3n) is 2.22. The molecule has 0 saturated heterocycles. The molecule has 7 nitrogen and oxygen atoms in total. The van der Waals surface area contributed by atoms with E-state index in [0.29, 0.717) is 5.76 Å². The van der Waals surface area contributed by atoms with Gasteiger partial charge in [-0.05, 0) is 24.3 Å². The first-order valence-corrected chi connectivity index (χ1v) is 5.75. The first-order valence-electron chi connectivity index (χ1n) is 5.75. The minimum absolute atomic E-state index is 0.0773. The Hall–Kier alpha value is -2.91. The molecule has 2 aromatic rings. The Kier molecular flexibility index (Phi) is 4.39. The van der Waals surface area contributed by atoms with Gasteiger partial charge in [-0.25, -0.2) is 4.79 Å². The number of nitrogens with one attached hydrogen (secondary N) is 1. The third kappa shape index (κ3) is 4.58. The summed E-state index contributed by atoms with van der Waals surface area (Å²) in [6.45, 7) is 1.54. The van der Waals surface area contributed by atoms with Gasteiger partial charge < -0.3 is 18.8 Å². The number of alkyl halides is 3. The predicted octanol–water partition coefficient (Wildman–Crippen LogP) is 2.96. The van der Waals surface area contributed by atoms with E-state index in [1.807, 2.05) is 5.48 Å². The second-order valence-corrected chi connectivity index (χ2v) is 3.86. The van der Waals surface area contributed by atoms with Crippen molar-refractivity contribution in [2.24, 2.45) is 0 Å². The molecule has 10 heteroatoms. The molecule has 118 valence electrons. The second kappa shape index (κ2) is 6.24. The van der Waals surface area contributed by atoms with E-state index in [1.54, 1.807) is 0 Å². The average Bonchev–Trinajstić information content (AvgIpc) is 2.82. The van der Waals surface area contributed by atoms with Gasteiger partial charge in [0.2, 0.25) is 0 Å². The summed E-state index contributed by atoms with van der Waals surface area (Å²) in [5.41, 5.74) is 1.94. The molecule has 1 aromatic heterocycles. The number of hydroxylamine groups is 1. The van der Waals surface area contributed by atoms with Crippen LogP contribution >= 0.6 is 0 Å². The van der Waals surface area contributed by atoms with E-state index in [2.05, 4.69) is 14.4 Å². The highest BCUT2D eigenvalue weighted by molar-refractivity contribution is 5.69. The molecule has 0 radical (unpaired) electrons. The van der Waals surface area contributed by atoms with E-state index >= 15 is 0 Å². The summed E-state index contributed by atoms with van der Waals surface area (Å²) in [7, 11) is 0. The first-order chi connectivity index (χ1) is 10.3. The lowest BCUT2D eigenvalue weighted by Gasteiger charge is -2.10. The predicted molar refractivity (Wildman–Crippen MR) is 64.2 cm³/mol. The topological polar surface area (TPSA) is 82.8 Å². The number of amides is 1. The lowest BCUT2D eigenvalue weighted by atomic mass is 10.3. The lowest BCUT2D eigenvalue weighted by molar-refractivity contribution is -0.274. The maximum Gasteiger partial charge on any atom is 0.573 e. The van der Waals surface area contributed by atoms with Crippen molar-refractivity contribution >= 4 is 6.09 Å². The number of hydrogen-bond acceptors (Lipinski definition) is 6. The molecular formula is C12H9F3N2O5. The van der Waals surface area contributed by atoms with Gasteiger partial charge in [-0.15, -0.1) is 13.2 Å². The van der Waals surface area contributed by atoms with Gasteiger partial charge >= 0.3 is 12.5 Å². The summed E-state index contributed by atoms with van der Waals surface area (Å²) in [5, 5.41) is 3.41. The first kappa shape index (κ1) is 15.5. The summed E-state index contributed by atoms with van der Waals surface area (Å²) in [4.78, 5) is 16.2. The molecule has 0 spiro atoms. The van der Waals surface area contributed by atoms with Crippen LogP contribution in [0.4, 0.5) is 18.0 Å². The summed E-state index contributed by atoms with van der Waals surface area (Å²) >= 11 is 0. The third-order valence-corrected chi connectivity index (χ3v) is 2.22. The van der Waals surface area contributed by atoms with Crippen LogP contribution in [0.25, 0.3) is 0 Å². The smallest absolute Gasteiger partial charge is 0.406 e. The Morgan fingerprint density at radius 3 is 2.41 bits per heavy atom. The van der Waals surface area contributed by atoms with Crippen LogP contribution in [0.1, 0.15) is 5.76 Å².